The molecule has 64 heavy (non-hydrogen) atoms. The van der Waals surface area contributed by atoms with Gasteiger partial charge in [0.25, 0.3) is 0 Å². The molecule has 0 spiro atoms. The molecule has 4 aliphatic rings. The van der Waals surface area contributed by atoms with Gasteiger partial charge < -0.3 is 29.5 Å². The number of alkyl carbamates (subject to hydrolysis) is 1. The number of aromatic nitrogens is 5. The SMILES string of the molecule is COC(=O)NC(CN1CCCC1c1ncc(-c2cc(F)c3c(c2)OC(c2ccc(CC4CC4)s2)n2c-3cc3cc(-c4cnc(C5CCCN5C(=O)OC(C)(C)C)[nH]4)ccc32)[nH]1)C(C)C. The predicted molar refractivity (Wildman–Crippen MR) is 245 cm³/mol. The van der Waals surface area contributed by atoms with Crippen LogP contribution in [0, 0.1) is 17.7 Å². The molecule has 3 N–H and O–H groups in total. The molecule has 4 unspecified atom stereocenters. The number of benzene rings is 2. The Morgan fingerprint density at radius 2 is 1.67 bits per heavy atom. The molecule has 1 aliphatic carbocycles. The Bertz CT molecular complexity index is 2710. The van der Waals surface area contributed by atoms with E-state index >= 15 is 4.39 Å². The van der Waals surface area contributed by atoms with Crippen molar-refractivity contribution in [3.05, 3.63) is 88.1 Å². The van der Waals surface area contributed by atoms with Gasteiger partial charge in [0.05, 0.1) is 64.6 Å². The predicted octanol–water partition coefficient (Wildman–Crippen LogP) is 10.8. The van der Waals surface area contributed by atoms with E-state index in [0.29, 0.717) is 35.7 Å². The van der Waals surface area contributed by atoms with Crippen LogP contribution in [0.1, 0.15) is 113 Å². The van der Waals surface area contributed by atoms with Gasteiger partial charge in [-0.25, -0.2) is 23.9 Å². The molecule has 13 nitrogen and oxygen atoms in total. The minimum atomic E-state index is -0.587. The Balaban J connectivity index is 0.970. The molecular formula is C49H57FN8O5S. The third-order valence-corrected chi connectivity index (χ3v) is 14.3. The van der Waals surface area contributed by atoms with E-state index in [-0.39, 0.29) is 36.0 Å². The first-order valence-corrected chi connectivity index (χ1v) is 23.5. The standard InChI is InChI=1S/C49H57FN8O5S/c1-27(2)36(55-47(59)61-6)26-56-17-7-9-38(56)44-51-25-35(54-44)30-21-33(50)43-40-22-31-20-29(34-24-52-45(53-34)39-10-8-18-57(39)48(60)63-49(3,4)5)13-15-37(31)58(40)46(62-41(43)23-30)42-16-14-32(64-42)19-28-11-12-28/h13-16,20-25,27-28,36,38-39,46H,7-12,17-19,26H2,1-6H3,(H,51,54)(H,52,53)(H,55,59). The van der Waals surface area contributed by atoms with Gasteiger partial charge in [0.1, 0.15) is 28.8 Å². The molecule has 2 aromatic carbocycles. The van der Waals surface area contributed by atoms with Crippen LogP contribution in [0.4, 0.5) is 14.0 Å². The number of amides is 2. The van der Waals surface area contributed by atoms with Crippen LogP contribution in [-0.2, 0) is 15.9 Å². The molecule has 10 rings (SSSR count). The monoisotopic (exact) mass is 888 g/mol. The van der Waals surface area contributed by atoms with Crippen LogP contribution in [0.25, 0.3) is 44.7 Å². The molecule has 2 amide bonds. The maximum Gasteiger partial charge on any atom is 0.410 e. The molecule has 1 saturated carbocycles. The number of rotatable bonds is 11. The third kappa shape index (κ3) is 8.28. The Labute approximate surface area is 376 Å². The number of hydrogen-bond acceptors (Lipinski definition) is 9. The molecule has 2 saturated heterocycles. The number of ether oxygens (including phenoxy) is 3. The molecule has 0 bridgehead atoms. The van der Waals surface area contributed by atoms with E-state index in [1.54, 1.807) is 28.5 Å². The number of carbonyl (C=O) groups excluding carboxylic acids is 2. The first kappa shape index (κ1) is 42.3. The normalized spacial score (nSPS) is 20.4. The largest absolute Gasteiger partial charge is 0.464 e. The number of carbonyl (C=O) groups is 2. The lowest BCUT2D eigenvalue weighted by molar-refractivity contribution is 0.0218. The number of nitrogens with one attached hydrogen (secondary N) is 3. The highest BCUT2D eigenvalue weighted by Crippen LogP contribution is 2.49. The van der Waals surface area contributed by atoms with Crippen LogP contribution >= 0.6 is 11.3 Å². The van der Waals surface area contributed by atoms with E-state index in [9.17, 15) is 9.59 Å². The van der Waals surface area contributed by atoms with Crippen LogP contribution in [-0.4, -0.2) is 84.9 Å². The van der Waals surface area contributed by atoms with Crippen molar-refractivity contribution in [1.29, 1.82) is 0 Å². The molecular weight excluding hydrogens is 832 g/mol. The van der Waals surface area contributed by atoms with Gasteiger partial charge in [-0.15, -0.1) is 11.3 Å². The van der Waals surface area contributed by atoms with E-state index in [2.05, 4.69) is 75.0 Å². The van der Waals surface area contributed by atoms with E-state index in [1.807, 2.05) is 33.0 Å². The molecule has 0 radical (unpaired) electrons. The van der Waals surface area contributed by atoms with Gasteiger partial charge >= 0.3 is 12.2 Å². The summed E-state index contributed by atoms with van der Waals surface area (Å²) in [4.78, 5) is 48.4. The molecule has 4 aromatic heterocycles. The fourth-order valence-corrected chi connectivity index (χ4v) is 10.8. The molecule has 336 valence electrons. The van der Waals surface area contributed by atoms with Crippen molar-refractivity contribution in [1.82, 2.24) is 39.6 Å². The van der Waals surface area contributed by atoms with Gasteiger partial charge in [0.15, 0.2) is 0 Å². The summed E-state index contributed by atoms with van der Waals surface area (Å²) in [6, 6.07) is 16.0. The molecule has 15 heteroatoms. The number of aromatic amines is 2. The van der Waals surface area contributed by atoms with Crippen molar-refractivity contribution in [2.45, 2.75) is 110 Å². The zero-order chi connectivity index (χ0) is 44.4. The Morgan fingerprint density at radius 3 is 2.41 bits per heavy atom. The van der Waals surface area contributed by atoms with Gasteiger partial charge in [-0.1, -0.05) is 19.9 Å². The quantitative estimate of drug-likeness (QED) is 0.117. The molecule has 3 fully saturated rings. The van der Waals surface area contributed by atoms with Crippen molar-refractivity contribution in [3.63, 3.8) is 0 Å². The van der Waals surface area contributed by atoms with E-state index in [1.165, 1.54) is 24.8 Å². The van der Waals surface area contributed by atoms with Crippen LogP contribution in [0.3, 0.4) is 0 Å². The smallest absolute Gasteiger partial charge is 0.410 e. The summed E-state index contributed by atoms with van der Waals surface area (Å²) in [7, 11) is 1.38. The lowest BCUT2D eigenvalue weighted by Crippen LogP contribution is -2.46. The highest BCUT2D eigenvalue weighted by atomic mass is 32.1. The zero-order valence-corrected chi connectivity index (χ0v) is 38.2. The first-order valence-electron chi connectivity index (χ1n) is 22.7. The second-order valence-corrected chi connectivity index (χ2v) is 20.5. The van der Waals surface area contributed by atoms with E-state index < -0.39 is 17.9 Å². The van der Waals surface area contributed by atoms with E-state index in [0.717, 1.165) is 88.9 Å². The van der Waals surface area contributed by atoms with Gasteiger partial charge in [-0.05, 0) is 127 Å². The van der Waals surface area contributed by atoms with Crippen molar-refractivity contribution in [3.8, 4) is 39.5 Å². The number of methoxy groups -OCH3 is 1. The maximum atomic E-state index is 16.9. The number of H-pyrrole nitrogens is 2. The summed E-state index contributed by atoms with van der Waals surface area (Å²) in [5.74, 6) is 2.60. The van der Waals surface area contributed by atoms with Crippen LogP contribution in [0.2, 0.25) is 0 Å². The average Bonchev–Trinajstić information content (AvgIpc) is 3.97. The van der Waals surface area contributed by atoms with Crippen molar-refractivity contribution in [2.75, 3.05) is 26.7 Å². The fourth-order valence-electron chi connectivity index (χ4n) is 9.66. The number of fused-ring (bicyclic) bond motifs is 5. The Hall–Kier alpha value is -5.67. The number of hydrogen-bond donors (Lipinski definition) is 3. The maximum absolute atomic E-state index is 16.9. The van der Waals surface area contributed by atoms with Gasteiger partial charge in [0.2, 0.25) is 6.23 Å². The summed E-state index contributed by atoms with van der Waals surface area (Å²) in [6.07, 6.45) is 9.55. The number of thiophene rings is 1. The Morgan fingerprint density at radius 1 is 0.938 bits per heavy atom. The Kier molecular flexibility index (Phi) is 11.0. The molecule has 6 aromatic rings. The number of halogens is 1. The second kappa shape index (κ2) is 16.7. The highest BCUT2D eigenvalue weighted by Gasteiger charge is 2.37. The van der Waals surface area contributed by atoms with Crippen LogP contribution < -0.4 is 10.1 Å². The van der Waals surface area contributed by atoms with E-state index in [4.69, 9.17) is 24.2 Å². The summed E-state index contributed by atoms with van der Waals surface area (Å²) >= 11 is 1.77. The topological polar surface area (TPSA) is 143 Å². The number of likely N-dealkylation sites (tertiary alicyclic amines) is 2. The number of nitrogens with zero attached hydrogens (tertiary/aromatic N) is 5. The summed E-state index contributed by atoms with van der Waals surface area (Å²) in [5.41, 5.74) is 4.64. The van der Waals surface area contributed by atoms with Crippen LogP contribution in [0.15, 0.2) is 60.9 Å². The van der Waals surface area contributed by atoms with Crippen molar-refractivity contribution >= 4 is 34.4 Å². The molecule has 4 atom stereocenters. The van der Waals surface area contributed by atoms with Gasteiger partial charge in [-0.3, -0.25) is 14.4 Å². The molecule has 7 heterocycles. The first-order chi connectivity index (χ1) is 30.8. The molecule has 3 aliphatic heterocycles. The summed E-state index contributed by atoms with van der Waals surface area (Å²) in [6.45, 7) is 12.0. The summed E-state index contributed by atoms with van der Waals surface area (Å²) < 4.78 is 36.6. The lowest BCUT2D eigenvalue weighted by Gasteiger charge is -2.30. The lowest BCUT2D eigenvalue weighted by atomic mass is 10.0. The second-order valence-electron chi connectivity index (χ2n) is 19.3. The van der Waals surface area contributed by atoms with Crippen molar-refractivity contribution in [2.24, 2.45) is 11.8 Å². The minimum Gasteiger partial charge on any atom is -0.464 e. The third-order valence-electron chi connectivity index (χ3n) is 13.1. The van der Waals surface area contributed by atoms with Crippen LogP contribution in [0.5, 0.6) is 5.75 Å². The summed E-state index contributed by atoms with van der Waals surface area (Å²) in [5, 5.41) is 3.94. The van der Waals surface area contributed by atoms with Gasteiger partial charge in [-0.2, -0.15) is 0 Å². The van der Waals surface area contributed by atoms with Gasteiger partial charge in [0, 0.05) is 40.5 Å². The highest BCUT2D eigenvalue weighted by molar-refractivity contribution is 7.12. The zero-order valence-electron chi connectivity index (χ0n) is 37.4. The average molecular weight is 889 g/mol. The van der Waals surface area contributed by atoms with Crippen molar-refractivity contribution < 1.29 is 28.2 Å². The fraction of sp³-hybridized carbons (Fsp3) is 0.469. The minimum absolute atomic E-state index is 0.0322. The number of imidazole rings is 2.